The van der Waals surface area contributed by atoms with Gasteiger partial charge in [-0.1, -0.05) is 109 Å². The third kappa shape index (κ3) is 19.7. The lowest BCUT2D eigenvalue weighted by atomic mass is 10.0. The molecule has 0 aliphatic carbocycles. The number of hydrogen-bond donors (Lipinski definition) is 1. The maximum absolute atomic E-state index is 9.74. The van der Waals surface area contributed by atoms with Crippen molar-refractivity contribution in [1.29, 1.82) is 0 Å². The second-order valence-electron chi connectivity index (χ2n) is 7.26. The second-order valence-corrected chi connectivity index (χ2v) is 7.26. The van der Waals surface area contributed by atoms with Gasteiger partial charge in [-0.3, -0.25) is 0 Å². The van der Waals surface area contributed by atoms with E-state index < -0.39 is 0 Å². The standard InChI is InChI=1S/C22H44O/c1-3-5-7-8-9-10-11-12-13-14-15-16-17-18-19-21-22(23)20-6-4-2/h4,22-23H,2-3,5-21H2,1H3. The molecule has 0 saturated heterocycles. The number of allylic oxidation sites excluding steroid dienone is 1. The molecule has 0 rings (SSSR count). The van der Waals surface area contributed by atoms with Crippen LogP contribution in [0.2, 0.25) is 0 Å². The molecule has 0 aromatic heterocycles. The van der Waals surface area contributed by atoms with Gasteiger partial charge in [0.2, 0.25) is 0 Å². The first-order valence-electron chi connectivity index (χ1n) is 10.6. The van der Waals surface area contributed by atoms with E-state index >= 15 is 0 Å². The summed E-state index contributed by atoms with van der Waals surface area (Å²) >= 11 is 0. The Morgan fingerprint density at radius 3 is 1.43 bits per heavy atom. The zero-order valence-electron chi connectivity index (χ0n) is 16.0. The van der Waals surface area contributed by atoms with Crippen molar-refractivity contribution in [2.24, 2.45) is 0 Å². The molecule has 0 amide bonds. The predicted molar refractivity (Wildman–Crippen MR) is 105 cm³/mol. The fraction of sp³-hybridized carbons (Fsp3) is 0.909. The molecule has 1 unspecified atom stereocenters. The van der Waals surface area contributed by atoms with Gasteiger partial charge in [0, 0.05) is 0 Å². The summed E-state index contributed by atoms with van der Waals surface area (Å²) in [5, 5.41) is 9.74. The van der Waals surface area contributed by atoms with Crippen LogP contribution in [-0.2, 0) is 0 Å². The Balaban J connectivity index is 3.03. The van der Waals surface area contributed by atoms with Crippen LogP contribution < -0.4 is 0 Å². The molecule has 0 radical (unpaired) electrons. The molecule has 0 aromatic rings. The molecule has 0 saturated carbocycles. The molecule has 1 heteroatoms. The van der Waals surface area contributed by atoms with Gasteiger partial charge >= 0.3 is 0 Å². The van der Waals surface area contributed by atoms with Crippen molar-refractivity contribution in [3.63, 3.8) is 0 Å². The van der Waals surface area contributed by atoms with Gasteiger partial charge in [0.1, 0.15) is 0 Å². The fourth-order valence-corrected chi connectivity index (χ4v) is 3.21. The molecule has 23 heavy (non-hydrogen) atoms. The van der Waals surface area contributed by atoms with Crippen LogP contribution in [-0.4, -0.2) is 11.2 Å². The van der Waals surface area contributed by atoms with Crippen LogP contribution in [0, 0.1) is 0 Å². The highest BCUT2D eigenvalue weighted by Crippen LogP contribution is 2.14. The number of aliphatic hydroxyl groups is 1. The number of rotatable bonds is 19. The van der Waals surface area contributed by atoms with Crippen LogP contribution >= 0.6 is 0 Å². The highest BCUT2D eigenvalue weighted by atomic mass is 16.3. The SMILES string of the molecule is C=CCCC(O)CCCCCCCCCCCCCCCCC. The van der Waals surface area contributed by atoms with E-state index in [-0.39, 0.29) is 6.10 Å². The van der Waals surface area contributed by atoms with E-state index in [0.717, 1.165) is 19.3 Å². The van der Waals surface area contributed by atoms with Gasteiger partial charge in [-0.05, 0) is 19.3 Å². The Morgan fingerprint density at radius 1 is 0.652 bits per heavy atom. The van der Waals surface area contributed by atoms with Crippen molar-refractivity contribution in [2.45, 2.75) is 129 Å². The Morgan fingerprint density at radius 2 is 1.04 bits per heavy atom. The number of aliphatic hydroxyl groups excluding tert-OH is 1. The summed E-state index contributed by atoms with van der Waals surface area (Å²) in [5.74, 6) is 0. The molecule has 1 nitrogen and oxygen atoms in total. The lowest BCUT2D eigenvalue weighted by Gasteiger charge is -2.08. The van der Waals surface area contributed by atoms with E-state index in [1.54, 1.807) is 0 Å². The van der Waals surface area contributed by atoms with E-state index in [9.17, 15) is 5.11 Å². The molecule has 0 bridgehead atoms. The second kappa shape index (κ2) is 19.7. The zero-order chi connectivity index (χ0) is 17.0. The summed E-state index contributed by atoms with van der Waals surface area (Å²) in [4.78, 5) is 0. The summed E-state index contributed by atoms with van der Waals surface area (Å²) < 4.78 is 0. The molecule has 138 valence electrons. The van der Waals surface area contributed by atoms with Crippen LogP contribution in [0.5, 0.6) is 0 Å². The van der Waals surface area contributed by atoms with Crippen LogP contribution in [0.1, 0.15) is 122 Å². The van der Waals surface area contributed by atoms with Crippen molar-refractivity contribution < 1.29 is 5.11 Å². The van der Waals surface area contributed by atoms with Gasteiger partial charge in [0.15, 0.2) is 0 Å². The quantitative estimate of drug-likeness (QED) is 0.192. The first kappa shape index (κ1) is 22.7. The van der Waals surface area contributed by atoms with Gasteiger partial charge < -0.3 is 5.11 Å². The lowest BCUT2D eigenvalue weighted by Crippen LogP contribution is -2.05. The average molecular weight is 325 g/mol. The minimum Gasteiger partial charge on any atom is -0.393 e. The van der Waals surface area contributed by atoms with E-state index in [1.807, 2.05) is 6.08 Å². The minimum atomic E-state index is -0.102. The van der Waals surface area contributed by atoms with Crippen molar-refractivity contribution in [3.05, 3.63) is 12.7 Å². The molecule has 0 heterocycles. The lowest BCUT2D eigenvalue weighted by molar-refractivity contribution is 0.152. The minimum absolute atomic E-state index is 0.102. The first-order chi connectivity index (χ1) is 11.3. The molecule has 0 aromatic carbocycles. The predicted octanol–water partition coefficient (Wildman–Crippen LogP) is 7.58. The highest BCUT2D eigenvalue weighted by molar-refractivity contribution is 4.69. The Kier molecular flexibility index (Phi) is 19.5. The maximum atomic E-state index is 9.74. The normalized spacial score (nSPS) is 12.4. The maximum Gasteiger partial charge on any atom is 0.0543 e. The average Bonchev–Trinajstić information content (AvgIpc) is 2.56. The third-order valence-electron chi connectivity index (χ3n) is 4.84. The van der Waals surface area contributed by atoms with E-state index in [2.05, 4.69) is 13.5 Å². The molecule has 0 aliphatic rings. The molecule has 0 fully saturated rings. The summed E-state index contributed by atoms with van der Waals surface area (Å²) in [5.41, 5.74) is 0. The van der Waals surface area contributed by atoms with Crippen molar-refractivity contribution >= 4 is 0 Å². The van der Waals surface area contributed by atoms with Crippen molar-refractivity contribution in [1.82, 2.24) is 0 Å². The number of unbranched alkanes of at least 4 members (excludes halogenated alkanes) is 14. The molecule has 0 spiro atoms. The largest absolute Gasteiger partial charge is 0.393 e. The Bertz CT molecular complexity index is 224. The highest BCUT2D eigenvalue weighted by Gasteiger charge is 2.02. The van der Waals surface area contributed by atoms with E-state index in [4.69, 9.17) is 0 Å². The monoisotopic (exact) mass is 324 g/mol. The first-order valence-corrected chi connectivity index (χ1v) is 10.6. The van der Waals surface area contributed by atoms with E-state index in [1.165, 1.54) is 96.3 Å². The molecular formula is C22H44O. The van der Waals surface area contributed by atoms with Crippen LogP contribution in [0.3, 0.4) is 0 Å². The van der Waals surface area contributed by atoms with Crippen LogP contribution in [0.25, 0.3) is 0 Å². The summed E-state index contributed by atoms with van der Waals surface area (Å²) in [6, 6.07) is 0. The van der Waals surface area contributed by atoms with Gasteiger partial charge in [-0.2, -0.15) is 0 Å². The molecule has 0 aliphatic heterocycles. The molecular weight excluding hydrogens is 280 g/mol. The Hall–Kier alpha value is -0.300. The zero-order valence-corrected chi connectivity index (χ0v) is 16.0. The van der Waals surface area contributed by atoms with Gasteiger partial charge in [-0.25, -0.2) is 0 Å². The summed E-state index contributed by atoms with van der Waals surface area (Å²) in [7, 11) is 0. The summed E-state index contributed by atoms with van der Waals surface area (Å²) in [6.07, 6.45) is 25.6. The number of hydrogen-bond acceptors (Lipinski definition) is 1. The van der Waals surface area contributed by atoms with Crippen molar-refractivity contribution in [2.75, 3.05) is 0 Å². The smallest absolute Gasteiger partial charge is 0.0543 e. The van der Waals surface area contributed by atoms with Crippen LogP contribution in [0.4, 0.5) is 0 Å². The fourth-order valence-electron chi connectivity index (χ4n) is 3.21. The molecule has 1 atom stereocenters. The summed E-state index contributed by atoms with van der Waals surface area (Å²) in [6.45, 7) is 5.98. The van der Waals surface area contributed by atoms with E-state index in [0.29, 0.717) is 0 Å². The van der Waals surface area contributed by atoms with Crippen LogP contribution in [0.15, 0.2) is 12.7 Å². The van der Waals surface area contributed by atoms with Gasteiger partial charge in [0.05, 0.1) is 6.10 Å². The Labute approximate surface area is 147 Å². The molecule has 1 N–H and O–H groups in total. The van der Waals surface area contributed by atoms with Gasteiger partial charge in [-0.15, -0.1) is 6.58 Å². The van der Waals surface area contributed by atoms with Crippen molar-refractivity contribution in [3.8, 4) is 0 Å². The third-order valence-corrected chi connectivity index (χ3v) is 4.84. The van der Waals surface area contributed by atoms with Gasteiger partial charge in [0.25, 0.3) is 0 Å². The topological polar surface area (TPSA) is 20.2 Å².